The van der Waals surface area contributed by atoms with E-state index in [2.05, 4.69) is 74.5 Å². The van der Waals surface area contributed by atoms with E-state index < -0.39 is 0 Å². The lowest BCUT2D eigenvalue weighted by molar-refractivity contribution is -0.0131. The molecule has 4 atom stereocenters. The largest absolute Gasteiger partial charge is 0.0622 e. The van der Waals surface area contributed by atoms with Gasteiger partial charge in [0.05, 0.1) is 0 Å². The van der Waals surface area contributed by atoms with Gasteiger partial charge in [0.1, 0.15) is 0 Å². The lowest BCUT2D eigenvalue weighted by Gasteiger charge is -2.59. The van der Waals surface area contributed by atoms with Crippen molar-refractivity contribution in [3.8, 4) is 0 Å². The van der Waals surface area contributed by atoms with Gasteiger partial charge >= 0.3 is 0 Å². The van der Waals surface area contributed by atoms with Crippen LogP contribution in [-0.2, 0) is 10.8 Å². The third-order valence-corrected chi connectivity index (χ3v) is 7.38. The predicted octanol–water partition coefficient (Wildman–Crippen LogP) is 4.94. The predicted molar refractivity (Wildman–Crippen MR) is 86.2 cm³/mol. The van der Waals surface area contributed by atoms with E-state index in [-0.39, 0.29) is 0 Å². The van der Waals surface area contributed by atoms with Gasteiger partial charge in [0, 0.05) is 10.8 Å². The highest BCUT2D eigenvalue weighted by Gasteiger charge is 2.96. The first-order valence-electron chi connectivity index (χ1n) is 8.30. The summed E-state index contributed by atoms with van der Waals surface area (Å²) >= 11 is 0. The van der Waals surface area contributed by atoms with Crippen LogP contribution in [-0.4, -0.2) is 0 Å². The minimum absolute atomic E-state index is 0.383. The van der Waals surface area contributed by atoms with Gasteiger partial charge in [-0.1, -0.05) is 74.5 Å². The Morgan fingerprint density at radius 3 is 1.38 bits per heavy atom. The van der Waals surface area contributed by atoms with Gasteiger partial charge in [0.25, 0.3) is 0 Å². The summed E-state index contributed by atoms with van der Waals surface area (Å²) in [7, 11) is 0. The number of fused-ring (bicyclic) bond motifs is 4. The molecule has 3 saturated carbocycles. The zero-order valence-electron chi connectivity index (χ0n) is 12.8. The monoisotopic (exact) mass is 274 g/mol. The third kappa shape index (κ3) is 0.950. The summed E-state index contributed by atoms with van der Waals surface area (Å²) in [5.41, 5.74) is 4.34. The molecule has 0 N–H and O–H groups in total. The van der Waals surface area contributed by atoms with Crippen LogP contribution in [0.2, 0.25) is 0 Å². The number of benzene rings is 2. The summed E-state index contributed by atoms with van der Waals surface area (Å²) in [5, 5.41) is 0. The molecule has 0 amide bonds. The normalized spacial score (nSPS) is 41.2. The molecule has 0 spiro atoms. The summed E-state index contributed by atoms with van der Waals surface area (Å²) in [5.74, 6) is 1.82. The van der Waals surface area contributed by atoms with Gasteiger partial charge < -0.3 is 0 Å². The summed E-state index contributed by atoms with van der Waals surface area (Å²) in [4.78, 5) is 0. The Kier molecular flexibility index (Phi) is 1.96. The van der Waals surface area contributed by atoms with E-state index in [4.69, 9.17) is 0 Å². The second-order valence-electron chi connectivity index (χ2n) is 7.76. The molecule has 0 aliphatic heterocycles. The van der Waals surface area contributed by atoms with Gasteiger partial charge in [-0.3, -0.25) is 0 Å². The zero-order chi connectivity index (χ0) is 14.3. The van der Waals surface area contributed by atoms with E-state index in [1.807, 2.05) is 0 Å². The van der Waals surface area contributed by atoms with E-state index >= 15 is 0 Å². The minimum atomic E-state index is 0.383. The average Bonchev–Trinajstić information content (AvgIpc) is 2.88. The quantitative estimate of drug-likeness (QED) is 0.727. The van der Waals surface area contributed by atoms with E-state index in [1.54, 1.807) is 11.1 Å². The molecule has 0 bridgehead atoms. The number of rotatable bonds is 2. The average molecular weight is 274 g/mol. The maximum Gasteiger partial charge on any atom is 0.0149 e. The first-order chi connectivity index (χ1) is 10.2. The van der Waals surface area contributed by atoms with Crippen molar-refractivity contribution in [3.63, 3.8) is 0 Å². The Balaban J connectivity index is 1.76. The fourth-order valence-corrected chi connectivity index (χ4v) is 6.90. The van der Waals surface area contributed by atoms with Crippen LogP contribution in [0.3, 0.4) is 0 Å². The Hall–Kier alpha value is -1.56. The van der Waals surface area contributed by atoms with E-state index in [1.165, 1.54) is 12.8 Å². The van der Waals surface area contributed by atoms with Crippen LogP contribution in [0.5, 0.6) is 0 Å². The van der Waals surface area contributed by atoms with Crippen molar-refractivity contribution in [2.75, 3.05) is 0 Å². The molecule has 5 rings (SSSR count). The number of hydrogen-bond donors (Lipinski definition) is 0. The second-order valence-corrected chi connectivity index (χ2v) is 7.76. The molecule has 0 radical (unpaired) electrons. The van der Waals surface area contributed by atoms with Crippen LogP contribution >= 0.6 is 0 Å². The molecule has 0 aromatic heterocycles. The fourth-order valence-electron chi connectivity index (χ4n) is 6.90. The van der Waals surface area contributed by atoms with Crippen LogP contribution in [0.1, 0.15) is 37.8 Å². The van der Waals surface area contributed by atoms with Gasteiger partial charge in [-0.15, -0.1) is 0 Å². The standard InChI is InChI=1S/C21H22/c1-19(2)20(15-9-5-3-6-10-15)17-13-14-18(17)21(19,20)16-11-7-4-8-12-16/h3-12,17-18H,13-14H2,1-2H3/t17-,18-,20+,21+/m1/s1. The zero-order valence-corrected chi connectivity index (χ0v) is 12.8. The van der Waals surface area contributed by atoms with Gasteiger partial charge in [-0.05, 0) is 41.2 Å². The SMILES string of the molecule is CC1(C)[C@]2(c3ccccc3)[C@@H]3CC[C@H]3[C@@]12c1ccccc1. The van der Waals surface area contributed by atoms with Crippen molar-refractivity contribution in [1.82, 2.24) is 0 Å². The van der Waals surface area contributed by atoms with Crippen LogP contribution < -0.4 is 0 Å². The molecule has 21 heavy (non-hydrogen) atoms. The number of hydrogen-bond acceptors (Lipinski definition) is 0. The lowest BCUT2D eigenvalue weighted by Crippen LogP contribution is -2.57. The van der Waals surface area contributed by atoms with Crippen molar-refractivity contribution >= 4 is 0 Å². The fraction of sp³-hybridized carbons (Fsp3) is 0.429. The summed E-state index contributed by atoms with van der Waals surface area (Å²) in [6.45, 7) is 5.04. The van der Waals surface area contributed by atoms with Crippen molar-refractivity contribution in [1.29, 1.82) is 0 Å². The molecule has 0 unspecified atom stereocenters. The molecule has 3 aliphatic carbocycles. The maximum atomic E-state index is 2.52. The van der Waals surface area contributed by atoms with Crippen molar-refractivity contribution in [2.45, 2.75) is 37.5 Å². The van der Waals surface area contributed by atoms with Gasteiger partial charge in [-0.25, -0.2) is 0 Å². The molecule has 106 valence electrons. The first kappa shape index (κ1) is 12.0. The first-order valence-corrected chi connectivity index (χ1v) is 8.30. The Morgan fingerprint density at radius 2 is 1.05 bits per heavy atom. The molecular formula is C21H22. The molecule has 3 aliphatic rings. The van der Waals surface area contributed by atoms with E-state index in [0.717, 1.165) is 11.8 Å². The molecule has 3 fully saturated rings. The maximum absolute atomic E-state index is 2.52. The molecule has 2 aromatic carbocycles. The van der Waals surface area contributed by atoms with Crippen molar-refractivity contribution in [2.24, 2.45) is 17.3 Å². The molecule has 0 heteroatoms. The highest BCUT2D eigenvalue weighted by atomic mass is 15.0. The molecular weight excluding hydrogens is 252 g/mol. The Bertz CT molecular complexity index is 638. The van der Waals surface area contributed by atoms with Crippen LogP contribution in [0, 0.1) is 17.3 Å². The van der Waals surface area contributed by atoms with E-state index in [0.29, 0.717) is 16.2 Å². The summed E-state index contributed by atoms with van der Waals surface area (Å²) < 4.78 is 0. The molecule has 0 nitrogen and oxygen atoms in total. The van der Waals surface area contributed by atoms with Crippen LogP contribution in [0.25, 0.3) is 0 Å². The van der Waals surface area contributed by atoms with Crippen molar-refractivity contribution < 1.29 is 0 Å². The smallest absolute Gasteiger partial charge is 0.0149 e. The topological polar surface area (TPSA) is 0 Å². The van der Waals surface area contributed by atoms with Crippen molar-refractivity contribution in [3.05, 3.63) is 71.8 Å². The minimum Gasteiger partial charge on any atom is -0.0622 e. The van der Waals surface area contributed by atoms with E-state index in [9.17, 15) is 0 Å². The highest BCUT2D eigenvalue weighted by molar-refractivity contribution is 5.65. The second kappa shape index (κ2) is 3.43. The van der Waals surface area contributed by atoms with Gasteiger partial charge in [0.15, 0.2) is 0 Å². The summed E-state index contributed by atoms with van der Waals surface area (Å²) in [6, 6.07) is 22.7. The molecule has 0 heterocycles. The highest BCUT2D eigenvalue weighted by Crippen LogP contribution is 2.96. The lowest BCUT2D eigenvalue weighted by atomic mass is 9.44. The van der Waals surface area contributed by atoms with Gasteiger partial charge in [-0.2, -0.15) is 0 Å². The summed E-state index contributed by atoms with van der Waals surface area (Å²) in [6.07, 6.45) is 2.86. The molecule has 2 aromatic rings. The Labute approximate surface area is 127 Å². The van der Waals surface area contributed by atoms with Crippen LogP contribution in [0.15, 0.2) is 60.7 Å². The molecule has 0 saturated heterocycles. The third-order valence-electron chi connectivity index (χ3n) is 7.38. The van der Waals surface area contributed by atoms with Crippen LogP contribution in [0.4, 0.5) is 0 Å². The van der Waals surface area contributed by atoms with Gasteiger partial charge in [0.2, 0.25) is 0 Å². The Morgan fingerprint density at radius 1 is 0.667 bits per heavy atom.